The van der Waals surface area contributed by atoms with Crippen LogP contribution in [0.1, 0.15) is 53.0 Å². The first-order valence-corrected chi connectivity index (χ1v) is 9.38. The molecule has 27 heavy (non-hydrogen) atoms. The SMILES string of the molecule is CC(C)(C)OC(=O)N1[C@H](CCC(=O)COCc2ccccc2)COC1(C)C. The van der Waals surface area contributed by atoms with Crippen LogP contribution in [0.15, 0.2) is 30.3 Å². The van der Waals surface area contributed by atoms with E-state index in [4.69, 9.17) is 14.2 Å². The number of nitrogens with zero attached hydrogens (tertiary/aromatic N) is 1. The Balaban J connectivity index is 1.82. The van der Waals surface area contributed by atoms with E-state index in [1.165, 1.54) is 0 Å². The normalized spacial score (nSPS) is 19.1. The quantitative estimate of drug-likeness (QED) is 0.720. The van der Waals surface area contributed by atoms with Crippen LogP contribution < -0.4 is 0 Å². The third-order valence-corrected chi connectivity index (χ3v) is 4.30. The molecule has 1 heterocycles. The monoisotopic (exact) mass is 377 g/mol. The first kappa shape index (κ1) is 21.4. The minimum atomic E-state index is -0.750. The van der Waals surface area contributed by atoms with Gasteiger partial charge in [0.05, 0.1) is 19.3 Å². The molecule has 150 valence electrons. The van der Waals surface area contributed by atoms with E-state index >= 15 is 0 Å². The van der Waals surface area contributed by atoms with Crippen molar-refractivity contribution in [1.82, 2.24) is 4.90 Å². The fourth-order valence-electron chi connectivity index (χ4n) is 3.03. The summed E-state index contributed by atoms with van der Waals surface area (Å²) in [5.74, 6) is 0.0137. The van der Waals surface area contributed by atoms with Gasteiger partial charge in [-0.1, -0.05) is 30.3 Å². The molecule has 0 N–H and O–H groups in total. The molecular weight excluding hydrogens is 346 g/mol. The van der Waals surface area contributed by atoms with Gasteiger partial charge in [-0.3, -0.25) is 9.69 Å². The van der Waals surface area contributed by atoms with Gasteiger partial charge in [-0.25, -0.2) is 4.79 Å². The Morgan fingerprint density at radius 2 is 1.89 bits per heavy atom. The highest BCUT2D eigenvalue weighted by atomic mass is 16.6. The van der Waals surface area contributed by atoms with Gasteiger partial charge < -0.3 is 14.2 Å². The molecule has 1 fully saturated rings. The number of hydrogen-bond acceptors (Lipinski definition) is 5. The number of carbonyl (C=O) groups is 2. The van der Waals surface area contributed by atoms with Gasteiger partial charge in [0.15, 0.2) is 5.78 Å². The van der Waals surface area contributed by atoms with E-state index < -0.39 is 17.4 Å². The van der Waals surface area contributed by atoms with Gasteiger partial charge in [-0.05, 0) is 46.6 Å². The van der Waals surface area contributed by atoms with Crippen LogP contribution in [0, 0.1) is 0 Å². The van der Waals surface area contributed by atoms with Crippen LogP contribution in [0.2, 0.25) is 0 Å². The summed E-state index contributed by atoms with van der Waals surface area (Å²) in [6.07, 6.45) is 0.441. The van der Waals surface area contributed by atoms with Gasteiger partial charge in [0, 0.05) is 6.42 Å². The molecule has 2 rings (SSSR count). The van der Waals surface area contributed by atoms with Crippen molar-refractivity contribution in [3.8, 4) is 0 Å². The Kier molecular flexibility index (Phi) is 7.00. The summed E-state index contributed by atoms with van der Waals surface area (Å²) in [6, 6.07) is 9.55. The van der Waals surface area contributed by atoms with Crippen LogP contribution in [0.4, 0.5) is 4.79 Å². The molecule has 0 unspecified atom stereocenters. The number of benzene rings is 1. The van der Waals surface area contributed by atoms with Crippen molar-refractivity contribution < 1.29 is 23.8 Å². The maximum Gasteiger partial charge on any atom is 0.412 e. The summed E-state index contributed by atoms with van der Waals surface area (Å²) in [6.45, 7) is 10.0. The highest BCUT2D eigenvalue weighted by Crippen LogP contribution is 2.31. The van der Waals surface area contributed by atoms with Gasteiger partial charge in [0.2, 0.25) is 0 Å². The molecule has 1 amide bonds. The third-order valence-electron chi connectivity index (χ3n) is 4.30. The lowest BCUT2D eigenvalue weighted by Crippen LogP contribution is -2.49. The lowest BCUT2D eigenvalue weighted by atomic mass is 10.1. The smallest absolute Gasteiger partial charge is 0.412 e. The molecule has 0 spiro atoms. The number of hydrogen-bond donors (Lipinski definition) is 0. The molecule has 0 aromatic heterocycles. The van der Waals surface area contributed by atoms with Crippen molar-refractivity contribution in [2.24, 2.45) is 0 Å². The summed E-state index contributed by atoms with van der Waals surface area (Å²) in [5.41, 5.74) is -0.298. The Morgan fingerprint density at radius 1 is 1.22 bits per heavy atom. The van der Waals surface area contributed by atoms with Crippen LogP contribution in [0.25, 0.3) is 0 Å². The number of amides is 1. The summed E-state index contributed by atoms with van der Waals surface area (Å²) < 4.78 is 16.8. The summed E-state index contributed by atoms with van der Waals surface area (Å²) in [7, 11) is 0. The molecule has 0 radical (unpaired) electrons. The fourth-order valence-corrected chi connectivity index (χ4v) is 3.03. The van der Waals surface area contributed by atoms with Gasteiger partial charge in [0.25, 0.3) is 0 Å². The van der Waals surface area contributed by atoms with Crippen LogP contribution >= 0.6 is 0 Å². The van der Waals surface area contributed by atoms with Crippen molar-refractivity contribution in [3.63, 3.8) is 0 Å². The Hall–Kier alpha value is -1.92. The van der Waals surface area contributed by atoms with Crippen LogP contribution in [-0.4, -0.2) is 47.4 Å². The highest BCUT2D eigenvalue weighted by molar-refractivity contribution is 5.79. The zero-order valence-corrected chi connectivity index (χ0v) is 17.0. The van der Waals surface area contributed by atoms with E-state index in [0.29, 0.717) is 26.1 Å². The average molecular weight is 377 g/mol. The number of carbonyl (C=O) groups excluding carboxylic acids is 2. The Bertz CT molecular complexity index is 636. The van der Waals surface area contributed by atoms with E-state index in [-0.39, 0.29) is 18.4 Å². The van der Waals surface area contributed by atoms with Crippen molar-refractivity contribution in [2.75, 3.05) is 13.2 Å². The minimum Gasteiger partial charge on any atom is -0.444 e. The highest BCUT2D eigenvalue weighted by Gasteiger charge is 2.45. The van der Waals surface area contributed by atoms with Crippen molar-refractivity contribution in [2.45, 2.75) is 71.4 Å². The molecule has 1 aromatic rings. The summed E-state index contributed by atoms with van der Waals surface area (Å²) in [5, 5.41) is 0. The van der Waals surface area contributed by atoms with Crippen LogP contribution in [-0.2, 0) is 25.6 Å². The second-order valence-corrected chi connectivity index (χ2v) is 8.32. The number of rotatable bonds is 7. The molecule has 1 saturated heterocycles. The zero-order valence-electron chi connectivity index (χ0n) is 17.0. The van der Waals surface area contributed by atoms with Gasteiger partial charge in [0.1, 0.15) is 17.9 Å². The molecule has 1 atom stereocenters. The van der Waals surface area contributed by atoms with E-state index in [0.717, 1.165) is 5.56 Å². The summed E-state index contributed by atoms with van der Waals surface area (Å²) in [4.78, 5) is 26.3. The minimum absolute atomic E-state index is 0.0137. The Morgan fingerprint density at radius 3 is 2.52 bits per heavy atom. The van der Waals surface area contributed by atoms with Gasteiger partial charge in [-0.2, -0.15) is 0 Å². The average Bonchev–Trinajstić information content (AvgIpc) is 2.87. The zero-order chi connectivity index (χ0) is 20.1. The van der Waals surface area contributed by atoms with Crippen LogP contribution in [0.5, 0.6) is 0 Å². The molecule has 1 aliphatic heterocycles. The molecule has 6 heteroatoms. The molecular formula is C21H31NO5. The van der Waals surface area contributed by atoms with Crippen LogP contribution in [0.3, 0.4) is 0 Å². The van der Waals surface area contributed by atoms with E-state index in [1.54, 1.807) is 4.90 Å². The Labute approximate surface area is 161 Å². The van der Waals surface area contributed by atoms with Crippen molar-refractivity contribution >= 4 is 11.9 Å². The van der Waals surface area contributed by atoms with Crippen molar-refractivity contribution in [1.29, 1.82) is 0 Å². The third kappa shape index (κ3) is 6.63. The fraction of sp³-hybridized carbons (Fsp3) is 0.619. The molecule has 1 aromatic carbocycles. The van der Waals surface area contributed by atoms with E-state index in [2.05, 4.69) is 0 Å². The molecule has 6 nitrogen and oxygen atoms in total. The van der Waals surface area contributed by atoms with E-state index in [9.17, 15) is 9.59 Å². The first-order valence-electron chi connectivity index (χ1n) is 9.38. The van der Waals surface area contributed by atoms with Crippen molar-refractivity contribution in [3.05, 3.63) is 35.9 Å². The lowest BCUT2D eigenvalue weighted by molar-refractivity contribution is -0.124. The molecule has 0 aliphatic carbocycles. The second kappa shape index (κ2) is 8.85. The number of Topliss-reactive ketones (excluding diaryl/α,β-unsaturated/α-hetero) is 1. The van der Waals surface area contributed by atoms with Gasteiger partial charge in [-0.15, -0.1) is 0 Å². The standard InChI is InChI=1S/C21H31NO5/c1-20(2,3)27-19(24)22-17(14-26-21(22,4)5)11-12-18(23)15-25-13-16-9-7-6-8-10-16/h6-10,17H,11-15H2,1-5H3/t17-/m1/s1. The predicted molar refractivity (Wildman–Crippen MR) is 102 cm³/mol. The number of ketones is 1. The lowest BCUT2D eigenvalue weighted by Gasteiger charge is -2.35. The second-order valence-electron chi connectivity index (χ2n) is 8.32. The van der Waals surface area contributed by atoms with E-state index in [1.807, 2.05) is 65.0 Å². The van der Waals surface area contributed by atoms with Gasteiger partial charge >= 0.3 is 6.09 Å². The largest absolute Gasteiger partial charge is 0.444 e. The molecule has 0 bridgehead atoms. The summed E-state index contributed by atoms with van der Waals surface area (Å²) >= 11 is 0. The molecule has 0 saturated carbocycles. The number of ether oxygens (including phenoxy) is 3. The topological polar surface area (TPSA) is 65.1 Å². The first-order chi connectivity index (χ1) is 12.6. The maximum atomic E-state index is 12.6. The molecule has 1 aliphatic rings. The maximum absolute atomic E-state index is 12.6. The predicted octanol–water partition coefficient (Wildman–Crippen LogP) is 3.92.